The second-order valence-electron chi connectivity index (χ2n) is 4.51. The SMILES string of the molecule is Cc1ccc(/C=N/S(=O)C(C)(C)C)cc1. The lowest BCUT2D eigenvalue weighted by molar-refractivity contribution is 0.651. The van der Waals surface area contributed by atoms with Gasteiger partial charge in [-0.2, -0.15) is 4.40 Å². The average Bonchev–Trinajstić information content (AvgIpc) is 2.15. The van der Waals surface area contributed by atoms with Crippen molar-refractivity contribution in [2.75, 3.05) is 0 Å². The van der Waals surface area contributed by atoms with Gasteiger partial charge < -0.3 is 0 Å². The zero-order chi connectivity index (χ0) is 11.5. The Kier molecular flexibility index (Phi) is 3.80. The lowest BCUT2D eigenvalue weighted by Gasteiger charge is -2.12. The summed E-state index contributed by atoms with van der Waals surface area (Å²) in [6.07, 6.45) is 1.67. The summed E-state index contributed by atoms with van der Waals surface area (Å²) in [5.74, 6) is 0. The molecule has 0 aliphatic carbocycles. The number of rotatable bonds is 2. The van der Waals surface area contributed by atoms with Crippen LogP contribution in [0.4, 0.5) is 0 Å². The molecule has 1 atom stereocenters. The van der Waals surface area contributed by atoms with E-state index in [1.807, 2.05) is 52.0 Å². The second kappa shape index (κ2) is 4.71. The summed E-state index contributed by atoms with van der Waals surface area (Å²) in [6.45, 7) is 7.77. The van der Waals surface area contributed by atoms with Gasteiger partial charge in [-0.1, -0.05) is 29.8 Å². The molecule has 1 aromatic carbocycles. The van der Waals surface area contributed by atoms with Crippen molar-refractivity contribution in [3.05, 3.63) is 35.4 Å². The van der Waals surface area contributed by atoms with Crippen LogP contribution >= 0.6 is 0 Å². The standard InChI is InChI=1S/C12H17NOS/c1-10-5-7-11(8-6-10)9-13-15(14)12(2,3)4/h5-9H,1-4H3/b13-9+. The highest BCUT2D eigenvalue weighted by Crippen LogP contribution is 2.12. The van der Waals surface area contributed by atoms with Gasteiger partial charge in [0.1, 0.15) is 11.0 Å². The zero-order valence-electron chi connectivity index (χ0n) is 9.65. The highest BCUT2D eigenvalue weighted by molar-refractivity contribution is 7.85. The molecule has 0 saturated carbocycles. The molecule has 0 fully saturated rings. The van der Waals surface area contributed by atoms with Gasteiger partial charge >= 0.3 is 0 Å². The Balaban J connectivity index is 2.74. The monoisotopic (exact) mass is 223 g/mol. The van der Waals surface area contributed by atoms with E-state index in [2.05, 4.69) is 4.40 Å². The van der Waals surface area contributed by atoms with Gasteiger partial charge in [0.15, 0.2) is 0 Å². The first kappa shape index (κ1) is 12.1. The highest BCUT2D eigenvalue weighted by atomic mass is 32.2. The van der Waals surface area contributed by atoms with Crippen LogP contribution in [-0.4, -0.2) is 15.2 Å². The number of aryl methyl sites for hydroxylation is 1. The van der Waals surface area contributed by atoms with Crippen LogP contribution in [0.25, 0.3) is 0 Å². The summed E-state index contributed by atoms with van der Waals surface area (Å²) in [6, 6.07) is 7.97. The molecular formula is C12H17NOS. The maximum atomic E-state index is 11.6. The summed E-state index contributed by atoms with van der Waals surface area (Å²) in [5, 5.41) is 0. The van der Waals surface area contributed by atoms with Gasteiger partial charge in [0, 0.05) is 6.21 Å². The van der Waals surface area contributed by atoms with Gasteiger partial charge in [-0.15, -0.1) is 0 Å². The number of nitrogens with zero attached hydrogens (tertiary/aromatic N) is 1. The topological polar surface area (TPSA) is 29.4 Å². The van der Waals surface area contributed by atoms with Crippen LogP contribution in [0.2, 0.25) is 0 Å². The Morgan fingerprint density at radius 3 is 2.20 bits per heavy atom. The third kappa shape index (κ3) is 3.96. The van der Waals surface area contributed by atoms with Crippen molar-refractivity contribution >= 4 is 17.2 Å². The number of hydrogen-bond acceptors (Lipinski definition) is 1. The molecule has 0 N–H and O–H groups in total. The maximum absolute atomic E-state index is 11.6. The van der Waals surface area contributed by atoms with Crippen LogP contribution < -0.4 is 0 Å². The summed E-state index contributed by atoms with van der Waals surface area (Å²) >= 11 is 0. The lowest BCUT2D eigenvalue weighted by Crippen LogP contribution is -2.19. The largest absolute Gasteiger partial charge is 0.234 e. The van der Waals surface area contributed by atoms with Gasteiger partial charge in [0.2, 0.25) is 0 Å². The van der Waals surface area contributed by atoms with Gasteiger partial charge in [0.05, 0.1) is 4.75 Å². The van der Waals surface area contributed by atoms with Crippen molar-refractivity contribution in [3.8, 4) is 0 Å². The van der Waals surface area contributed by atoms with Crippen LogP contribution in [0.3, 0.4) is 0 Å². The van der Waals surface area contributed by atoms with E-state index in [9.17, 15) is 4.21 Å². The van der Waals surface area contributed by atoms with E-state index in [1.165, 1.54) is 5.56 Å². The molecule has 0 bridgehead atoms. The molecule has 2 nitrogen and oxygen atoms in total. The number of benzene rings is 1. The van der Waals surface area contributed by atoms with E-state index in [0.717, 1.165) is 5.56 Å². The number of hydrogen-bond donors (Lipinski definition) is 0. The molecule has 1 unspecified atom stereocenters. The third-order valence-corrected chi connectivity index (χ3v) is 3.24. The fourth-order valence-corrected chi connectivity index (χ4v) is 1.45. The van der Waals surface area contributed by atoms with Crippen molar-refractivity contribution < 1.29 is 4.21 Å². The molecule has 3 heteroatoms. The van der Waals surface area contributed by atoms with E-state index in [1.54, 1.807) is 6.21 Å². The van der Waals surface area contributed by atoms with Gasteiger partial charge in [-0.25, -0.2) is 4.21 Å². The molecule has 82 valence electrons. The van der Waals surface area contributed by atoms with Crippen LogP contribution in [-0.2, 0) is 11.0 Å². The van der Waals surface area contributed by atoms with Crippen molar-refractivity contribution in [1.82, 2.24) is 0 Å². The highest BCUT2D eigenvalue weighted by Gasteiger charge is 2.17. The Morgan fingerprint density at radius 1 is 1.20 bits per heavy atom. The second-order valence-corrected chi connectivity index (χ2v) is 6.44. The van der Waals surface area contributed by atoms with Crippen LogP contribution in [0.1, 0.15) is 31.9 Å². The van der Waals surface area contributed by atoms with E-state index < -0.39 is 11.0 Å². The minimum Gasteiger partial charge on any atom is -0.234 e. The third-order valence-electron chi connectivity index (χ3n) is 1.90. The molecule has 0 aliphatic heterocycles. The molecule has 1 aromatic rings. The maximum Gasteiger partial charge on any atom is 0.144 e. The molecule has 0 saturated heterocycles. The van der Waals surface area contributed by atoms with Gasteiger partial charge in [-0.3, -0.25) is 0 Å². The summed E-state index contributed by atoms with van der Waals surface area (Å²) in [5.41, 5.74) is 2.20. The summed E-state index contributed by atoms with van der Waals surface area (Å²) < 4.78 is 15.4. The first-order chi connectivity index (χ1) is 6.89. The van der Waals surface area contributed by atoms with Crippen molar-refractivity contribution in [3.63, 3.8) is 0 Å². The minimum absolute atomic E-state index is 0.290. The fraction of sp³-hybridized carbons (Fsp3) is 0.417. The predicted octanol–water partition coefficient (Wildman–Crippen LogP) is 2.88. The Hall–Kier alpha value is -0.960. The zero-order valence-corrected chi connectivity index (χ0v) is 10.5. The molecule has 1 rings (SSSR count). The molecule has 0 aromatic heterocycles. The molecule has 0 heterocycles. The average molecular weight is 223 g/mol. The predicted molar refractivity (Wildman–Crippen MR) is 66.7 cm³/mol. The van der Waals surface area contributed by atoms with Crippen LogP contribution in [0.15, 0.2) is 28.7 Å². The molecular weight excluding hydrogens is 206 g/mol. The Labute approximate surface area is 94.0 Å². The van der Waals surface area contributed by atoms with Crippen molar-refractivity contribution in [2.45, 2.75) is 32.4 Å². The summed E-state index contributed by atoms with van der Waals surface area (Å²) in [4.78, 5) is 0. The summed E-state index contributed by atoms with van der Waals surface area (Å²) in [7, 11) is -1.17. The first-order valence-corrected chi connectivity index (χ1v) is 6.03. The van der Waals surface area contributed by atoms with E-state index in [0.29, 0.717) is 0 Å². The van der Waals surface area contributed by atoms with Crippen molar-refractivity contribution in [1.29, 1.82) is 0 Å². The van der Waals surface area contributed by atoms with Crippen LogP contribution in [0, 0.1) is 6.92 Å². The lowest BCUT2D eigenvalue weighted by atomic mass is 10.2. The van der Waals surface area contributed by atoms with Gasteiger partial charge in [-0.05, 0) is 33.3 Å². The molecule has 0 radical (unpaired) electrons. The first-order valence-electron chi connectivity index (χ1n) is 4.92. The molecule has 15 heavy (non-hydrogen) atoms. The van der Waals surface area contributed by atoms with Crippen molar-refractivity contribution in [2.24, 2.45) is 4.40 Å². The quantitative estimate of drug-likeness (QED) is 0.709. The normalized spacial score (nSPS) is 14.4. The van der Waals surface area contributed by atoms with E-state index in [4.69, 9.17) is 0 Å². The van der Waals surface area contributed by atoms with E-state index >= 15 is 0 Å². The molecule has 0 aliphatic rings. The van der Waals surface area contributed by atoms with Crippen LogP contribution in [0.5, 0.6) is 0 Å². The Bertz CT molecular complexity index is 374. The van der Waals surface area contributed by atoms with Gasteiger partial charge in [0.25, 0.3) is 0 Å². The fourth-order valence-electron chi connectivity index (χ4n) is 0.919. The molecule has 0 amide bonds. The van der Waals surface area contributed by atoms with E-state index in [-0.39, 0.29) is 4.75 Å². The minimum atomic E-state index is -1.17. The molecule has 0 spiro atoms. The smallest absolute Gasteiger partial charge is 0.144 e. The Morgan fingerprint density at radius 2 is 1.73 bits per heavy atom.